The molecule has 2 heteroatoms. The molecule has 1 aromatic rings. The topological polar surface area (TPSA) is 33.0 Å². The van der Waals surface area contributed by atoms with Gasteiger partial charge in [-0.05, 0) is 18.1 Å². The molecule has 0 saturated carbocycles. The molecule has 0 saturated heterocycles. The Morgan fingerprint density at radius 3 is 2.73 bits per heavy atom. The second-order valence-electron chi connectivity index (χ2n) is 3.84. The van der Waals surface area contributed by atoms with E-state index >= 15 is 0 Å². The van der Waals surface area contributed by atoms with E-state index in [0.29, 0.717) is 11.7 Å². The van der Waals surface area contributed by atoms with Gasteiger partial charge in [-0.2, -0.15) is 5.26 Å². The zero-order valence-electron chi connectivity index (χ0n) is 8.68. The van der Waals surface area contributed by atoms with Gasteiger partial charge in [0.05, 0.1) is 0 Å². The van der Waals surface area contributed by atoms with E-state index in [2.05, 4.69) is 13.0 Å². The minimum atomic E-state index is 0.0193. The average molecular weight is 199 g/mol. The number of nitrogens with zero attached hydrogens (tertiary/aromatic N) is 1. The van der Waals surface area contributed by atoms with Gasteiger partial charge in [0.25, 0.3) is 0 Å². The number of hydrogen-bond acceptors (Lipinski definition) is 2. The molecule has 2 nitrogen and oxygen atoms in total. The summed E-state index contributed by atoms with van der Waals surface area (Å²) in [5.41, 5.74) is 1.14. The summed E-state index contributed by atoms with van der Waals surface area (Å²) >= 11 is 0. The first kappa shape index (κ1) is 9.79. The van der Waals surface area contributed by atoms with Gasteiger partial charge in [-0.25, -0.2) is 0 Å². The largest absolute Gasteiger partial charge is 0.475 e. The van der Waals surface area contributed by atoms with Crippen LogP contribution in [0.15, 0.2) is 42.2 Å². The van der Waals surface area contributed by atoms with Crippen LogP contribution in [0.4, 0.5) is 0 Å². The van der Waals surface area contributed by atoms with Gasteiger partial charge in [-0.1, -0.05) is 37.3 Å². The number of ether oxygens (including phenoxy) is 1. The Kier molecular flexibility index (Phi) is 2.73. The maximum absolute atomic E-state index is 8.80. The molecule has 0 radical (unpaired) electrons. The Balaban J connectivity index is 2.24. The summed E-state index contributed by atoms with van der Waals surface area (Å²) in [5.74, 6) is 0.867. The highest BCUT2D eigenvalue weighted by Gasteiger charge is 2.24. The van der Waals surface area contributed by atoms with Gasteiger partial charge in [0.1, 0.15) is 12.2 Å². The number of rotatable bonds is 1. The van der Waals surface area contributed by atoms with Crippen LogP contribution in [0.2, 0.25) is 0 Å². The molecule has 2 atom stereocenters. The Bertz CT molecular complexity index is 402. The molecule has 1 aliphatic rings. The van der Waals surface area contributed by atoms with E-state index in [-0.39, 0.29) is 6.10 Å². The maximum Gasteiger partial charge on any atom is 0.193 e. The van der Waals surface area contributed by atoms with Gasteiger partial charge in [0.2, 0.25) is 0 Å². The molecule has 0 aliphatic carbocycles. The molecule has 0 bridgehead atoms. The molecule has 1 aliphatic heterocycles. The van der Waals surface area contributed by atoms with Crippen molar-refractivity contribution in [3.05, 3.63) is 47.7 Å². The van der Waals surface area contributed by atoms with E-state index in [1.165, 1.54) is 0 Å². The van der Waals surface area contributed by atoms with Gasteiger partial charge in [0.15, 0.2) is 5.76 Å². The Morgan fingerprint density at radius 2 is 2.07 bits per heavy atom. The van der Waals surface area contributed by atoms with Crippen molar-refractivity contribution in [1.29, 1.82) is 5.26 Å². The fourth-order valence-electron chi connectivity index (χ4n) is 1.83. The molecular weight excluding hydrogens is 186 g/mol. The van der Waals surface area contributed by atoms with Crippen molar-refractivity contribution in [2.75, 3.05) is 0 Å². The van der Waals surface area contributed by atoms with Gasteiger partial charge in [-0.3, -0.25) is 0 Å². The zero-order valence-corrected chi connectivity index (χ0v) is 8.68. The van der Waals surface area contributed by atoms with Crippen molar-refractivity contribution < 1.29 is 4.74 Å². The third-order valence-electron chi connectivity index (χ3n) is 2.68. The lowest BCUT2D eigenvalue weighted by atomic mass is 9.92. The molecule has 0 spiro atoms. The van der Waals surface area contributed by atoms with Gasteiger partial charge in [0, 0.05) is 5.92 Å². The highest BCUT2D eigenvalue weighted by Crippen LogP contribution is 2.34. The average Bonchev–Trinajstić information content (AvgIpc) is 2.31. The summed E-state index contributed by atoms with van der Waals surface area (Å²) in [6.45, 7) is 2.14. The highest BCUT2D eigenvalue weighted by atomic mass is 16.5. The minimum Gasteiger partial charge on any atom is -0.475 e. The first-order valence-corrected chi connectivity index (χ1v) is 5.13. The summed E-state index contributed by atoms with van der Waals surface area (Å²) in [6.07, 6.45) is 2.79. The van der Waals surface area contributed by atoms with E-state index in [1.807, 2.05) is 36.4 Å². The molecule has 15 heavy (non-hydrogen) atoms. The summed E-state index contributed by atoms with van der Waals surface area (Å²) in [5, 5.41) is 8.80. The van der Waals surface area contributed by atoms with Crippen LogP contribution in [-0.2, 0) is 4.74 Å². The van der Waals surface area contributed by atoms with Crippen molar-refractivity contribution in [2.24, 2.45) is 5.92 Å². The molecule has 2 rings (SSSR count). The van der Waals surface area contributed by atoms with Crippen LogP contribution in [0.3, 0.4) is 0 Å². The second kappa shape index (κ2) is 4.18. The van der Waals surface area contributed by atoms with Crippen molar-refractivity contribution >= 4 is 0 Å². The van der Waals surface area contributed by atoms with Crippen LogP contribution in [-0.4, -0.2) is 0 Å². The van der Waals surface area contributed by atoms with Gasteiger partial charge < -0.3 is 4.74 Å². The molecule has 0 N–H and O–H groups in total. The first-order valence-electron chi connectivity index (χ1n) is 5.13. The monoisotopic (exact) mass is 199 g/mol. The predicted molar refractivity (Wildman–Crippen MR) is 57.7 cm³/mol. The van der Waals surface area contributed by atoms with E-state index in [9.17, 15) is 0 Å². The molecular formula is C13H13NO. The van der Waals surface area contributed by atoms with Crippen LogP contribution in [0.5, 0.6) is 0 Å². The molecule has 76 valence electrons. The number of hydrogen-bond donors (Lipinski definition) is 0. The van der Waals surface area contributed by atoms with Crippen LogP contribution < -0.4 is 0 Å². The van der Waals surface area contributed by atoms with E-state index in [0.717, 1.165) is 12.0 Å². The molecule has 0 unspecified atom stereocenters. The zero-order chi connectivity index (χ0) is 10.7. The molecule has 0 aromatic heterocycles. The molecule has 0 fully saturated rings. The number of allylic oxidation sites excluding steroid dienone is 2. The third kappa shape index (κ3) is 2.02. The van der Waals surface area contributed by atoms with Crippen molar-refractivity contribution in [1.82, 2.24) is 0 Å². The van der Waals surface area contributed by atoms with E-state index in [1.54, 1.807) is 0 Å². The summed E-state index contributed by atoms with van der Waals surface area (Å²) in [7, 11) is 0. The standard InChI is InChI=1S/C13H13NO/c1-10-7-8-12(9-14)15-13(10)11-5-3-2-4-6-11/h2-6,8,10,13H,7H2,1H3/t10-,13-/m0/s1. The number of nitriles is 1. The normalized spacial score (nSPS) is 24.9. The van der Waals surface area contributed by atoms with Gasteiger partial charge >= 0.3 is 0 Å². The van der Waals surface area contributed by atoms with E-state index in [4.69, 9.17) is 10.00 Å². The lowest BCUT2D eigenvalue weighted by Gasteiger charge is -2.27. The van der Waals surface area contributed by atoms with Crippen LogP contribution in [0.25, 0.3) is 0 Å². The summed E-state index contributed by atoms with van der Waals surface area (Å²) < 4.78 is 5.63. The fraction of sp³-hybridized carbons (Fsp3) is 0.308. The Morgan fingerprint density at radius 1 is 1.33 bits per heavy atom. The van der Waals surface area contributed by atoms with Crippen molar-refractivity contribution in [2.45, 2.75) is 19.4 Å². The predicted octanol–water partition coefficient (Wildman–Crippen LogP) is 3.19. The maximum atomic E-state index is 8.80. The van der Waals surface area contributed by atoms with Crippen molar-refractivity contribution in [3.8, 4) is 6.07 Å². The SMILES string of the molecule is C[C@H]1CC=C(C#N)O[C@@H]1c1ccccc1. The fourth-order valence-corrected chi connectivity index (χ4v) is 1.83. The Labute approximate surface area is 89.8 Å². The first-order chi connectivity index (χ1) is 7.31. The van der Waals surface area contributed by atoms with Crippen LogP contribution >= 0.6 is 0 Å². The van der Waals surface area contributed by atoms with Crippen LogP contribution in [0.1, 0.15) is 25.0 Å². The minimum absolute atomic E-state index is 0.0193. The van der Waals surface area contributed by atoms with Crippen molar-refractivity contribution in [3.63, 3.8) is 0 Å². The lowest BCUT2D eigenvalue weighted by molar-refractivity contribution is 0.0646. The Hall–Kier alpha value is -1.75. The summed E-state index contributed by atoms with van der Waals surface area (Å²) in [4.78, 5) is 0. The molecule has 0 amide bonds. The second-order valence-corrected chi connectivity index (χ2v) is 3.84. The third-order valence-corrected chi connectivity index (χ3v) is 2.68. The van der Waals surface area contributed by atoms with E-state index < -0.39 is 0 Å². The lowest BCUT2D eigenvalue weighted by Crippen LogP contribution is -2.16. The van der Waals surface area contributed by atoms with Crippen LogP contribution in [0, 0.1) is 17.2 Å². The molecule has 1 aromatic carbocycles. The summed E-state index contributed by atoms with van der Waals surface area (Å²) in [6, 6.07) is 12.1. The highest BCUT2D eigenvalue weighted by molar-refractivity contribution is 5.23. The quantitative estimate of drug-likeness (QED) is 0.695. The molecule has 1 heterocycles. The number of benzene rings is 1. The van der Waals surface area contributed by atoms with Gasteiger partial charge in [-0.15, -0.1) is 0 Å². The smallest absolute Gasteiger partial charge is 0.193 e.